The van der Waals surface area contributed by atoms with Crippen molar-refractivity contribution in [1.82, 2.24) is 15.5 Å². The van der Waals surface area contributed by atoms with Gasteiger partial charge in [0.2, 0.25) is 12.7 Å². The SMILES string of the molecule is O=C(NCc1ccc2c(c1)OCO2)C1CSC2(CCN(C(=O)c3ccc4ccccc4c3)CC2)N1. The summed E-state index contributed by atoms with van der Waals surface area (Å²) in [6.07, 6.45) is 1.64. The average Bonchev–Trinajstić information content (AvgIpc) is 3.54. The first kappa shape index (κ1) is 22.2. The van der Waals surface area contributed by atoms with Gasteiger partial charge in [-0.1, -0.05) is 36.4 Å². The lowest BCUT2D eigenvalue weighted by molar-refractivity contribution is -0.122. The van der Waals surface area contributed by atoms with E-state index in [0.717, 1.165) is 52.0 Å². The van der Waals surface area contributed by atoms with Crippen LogP contribution in [0.5, 0.6) is 11.5 Å². The second-order valence-corrected chi connectivity index (χ2v) is 10.7. The van der Waals surface area contributed by atoms with Crippen molar-refractivity contribution in [3.05, 3.63) is 71.8 Å². The summed E-state index contributed by atoms with van der Waals surface area (Å²) in [4.78, 5) is 27.7. The van der Waals surface area contributed by atoms with E-state index >= 15 is 0 Å². The fourth-order valence-corrected chi connectivity index (χ4v) is 6.43. The van der Waals surface area contributed by atoms with Crippen molar-refractivity contribution in [3.63, 3.8) is 0 Å². The van der Waals surface area contributed by atoms with Gasteiger partial charge in [-0.3, -0.25) is 14.9 Å². The molecule has 1 spiro atoms. The van der Waals surface area contributed by atoms with Crippen molar-refractivity contribution in [1.29, 1.82) is 0 Å². The topological polar surface area (TPSA) is 79.9 Å². The molecule has 3 aliphatic rings. The predicted molar refractivity (Wildman–Crippen MR) is 136 cm³/mol. The minimum atomic E-state index is -0.239. The van der Waals surface area contributed by atoms with Crippen LogP contribution in [0.1, 0.15) is 28.8 Å². The summed E-state index contributed by atoms with van der Waals surface area (Å²) in [6.45, 7) is 2.04. The van der Waals surface area contributed by atoms with Crippen molar-refractivity contribution in [3.8, 4) is 11.5 Å². The number of fused-ring (bicyclic) bond motifs is 2. The molecule has 3 aromatic carbocycles. The first-order chi connectivity index (χ1) is 17.1. The molecule has 7 nitrogen and oxygen atoms in total. The summed E-state index contributed by atoms with van der Waals surface area (Å²) in [6, 6.07) is 19.5. The Hall–Kier alpha value is -3.23. The quantitative estimate of drug-likeness (QED) is 0.584. The number of nitrogens with zero attached hydrogens (tertiary/aromatic N) is 1. The molecule has 6 rings (SSSR count). The van der Waals surface area contributed by atoms with Gasteiger partial charge in [-0.25, -0.2) is 0 Å². The third-order valence-corrected chi connectivity index (χ3v) is 8.62. The van der Waals surface area contributed by atoms with E-state index in [1.54, 1.807) is 11.8 Å². The van der Waals surface area contributed by atoms with Gasteiger partial charge in [-0.15, -0.1) is 11.8 Å². The Bertz CT molecular complexity index is 1290. The van der Waals surface area contributed by atoms with Crippen molar-refractivity contribution in [2.75, 3.05) is 25.6 Å². The molecular formula is C27H27N3O4S. The first-order valence-electron chi connectivity index (χ1n) is 11.9. The van der Waals surface area contributed by atoms with E-state index in [1.165, 1.54) is 0 Å². The third-order valence-electron chi connectivity index (χ3n) is 7.04. The zero-order chi connectivity index (χ0) is 23.8. The van der Waals surface area contributed by atoms with Gasteiger partial charge in [-0.2, -0.15) is 0 Å². The van der Waals surface area contributed by atoms with Crippen LogP contribution in [0, 0.1) is 0 Å². The molecule has 3 heterocycles. The maximum Gasteiger partial charge on any atom is 0.253 e. The number of rotatable bonds is 4. The fourth-order valence-electron chi connectivity index (χ4n) is 5.01. The van der Waals surface area contributed by atoms with E-state index in [-0.39, 0.29) is 29.5 Å². The van der Waals surface area contributed by atoms with Crippen LogP contribution in [0.4, 0.5) is 0 Å². The van der Waals surface area contributed by atoms with Gasteiger partial charge >= 0.3 is 0 Å². The summed E-state index contributed by atoms with van der Waals surface area (Å²) in [7, 11) is 0. The molecule has 0 saturated carbocycles. The Morgan fingerprint density at radius 1 is 1.00 bits per heavy atom. The van der Waals surface area contributed by atoms with Crippen molar-refractivity contribution >= 4 is 34.3 Å². The molecule has 0 radical (unpaired) electrons. The standard InChI is InChI=1S/C27H27N3O4S/c31-25(28-15-18-5-8-23-24(13-18)34-17-33-23)22-16-35-27(29-22)9-11-30(12-10-27)26(32)21-7-6-19-3-1-2-4-20(19)14-21/h1-8,13-14,22,29H,9-12,15-17H2,(H,28,31). The van der Waals surface area contributed by atoms with Gasteiger partial charge in [0, 0.05) is 31.0 Å². The van der Waals surface area contributed by atoms with Crippen LogP contribution < -0.4 is 20.1 Å². The second kappa shape index (κ2) is 9.09. The highest BCUT2D eigenvalue weighted by molar-refractivity contribution is 8.01. The van der Waals surface area contributed by atoms with Gasteiger partial charge in [-0.05, 0) is 53.4 Å². The maximum atomic E-state index is 13.1. The highest BCUT2D eigenvalue weighted by atomic mass is 32.2. The molecule has 0 bridgehead atoms. The number of nitrogens with one attached hydrogen (secondary N) is 2. The van der Waals surface area contributed by atoms with Crippen molar-refractivity contribution in [2.45, 2.75) is 30.3 Å². The number of thioether (sulfide) groups is 1. The molecule has 1 atom stereocenters. The number of hydrogen-bond acceptors (Lipinski definition) is 6. The van der Waals surface area contributed by atoms with E-state index in [2.05, 4.69) is 16.7 Å². The summed E-state index contributed by atoms with van der Waals surface area (Å²) in [5.41, 5.74) is 1.70. The number of ether oxygens (including phenoxy) is 2. The van der Waals surface area contributed by atoms with Crippen LogP contribution in [0.2, 0.25) is 0 Å². The van der Waals surface area contributed by atoms with Gasteiger partial charge < -0.3 is 19.7 Å². The van der Waals surface area contributed by atoms with Crippen LogP contribution in [0.15, 0.2) is 60.7 Å². The molecule has 180 valence electrons. The van der Waals surface area contributed by atoms with E-state index in [9.17, 15) is 9.59 Å². The Kier molecular flexibility index (Phi) is 5.78. The maximum absolute atomic E-state index is 13.1. The van der Waals surface area contributed by atoms with Gasteiger partial charge in [0.05, 0.1) is 10.9 Å². The van der Waals surface area contributed by atoms with Crippen molar-refractivity contribution < 1.29 is 19.1 Å². The molecule has 2 amide bonds. The lowest BCUT2D eigenvalue weighted by Gasteiger charge is -2.39. The fraction of sp³-hybridized carbons (Fsp3) is 0.333. The Morgan fingerprint density at radius 3 is 2.66 bits per heavy atom. The average molecular weight is 490 g/mol. The highest BCUT2D eigenvalue weighted by Crippen LogP contribution is 2.39. The number of carbonyl (C=O) groups is 2. The van der Waals surface area contributed by atoms with Gasteiger partial charge in [0.15, 0.2) is 11.5 Å². The summed E-state index contributed by atoms with van der Waals surface area (Å²) >= 11 is 1.81. The molecule has 2 N–H and O–H groups in total. The molecular weight excluding hydrogens is 462 g/mol. The number of benzene rings is 3. The number of carbonyl (C=O) groups excluding carboxylic acids is 2. The first-order valence-corrected chi connectivity index (χ1v) is 12.9. The zero-order valence-electron chi connectivity index (χ0n) is 19.3. The van der Waals surface area contributed by atoms with Crippen LogP contribution in [0.25, 0.3) is 10.8 Å². The molecule has 35 heavy (non-hydrogen) atoms. The van der Waals surface area contributed by atoms with Crippen LogP contribution in [-0.4, -0.2) is 53.3 Å². The van der Waals surface area contributed by atoms with E-state index in [1.807, 2.05) is 59.5 Å². The van der Waals surface area contributed by atoms with Crippen LogP contribution in [0.3, 0.4) is 0 Å². The number of likely N-dealkylation sites (tertiary alicyclic amines) is 1. The molecule has 8 heteroatoms. The van der Waals surface area contributed by atoms with Gasteiger partial charge in [0.25, 0.3) is 5.91 Å². The van der Waals surface area contributed by atoms with Crippen molar-refractivity contribution in [2.24, 2.45) is 0 Å². The second-order valence-electron chi connectivity index (χ2n) is 9.26. The Labute approximate surface area is 208 Å². The van der Waals surface area contributed by atoms with Gasteiger partial charge in [0.1, 0.15) is 0 Å². The van der Waals surface area contributed by atoms with Crippen LogP contribution in [-0.2, 0) is 11.3 Å². The molecule has 1 unspecified atom stereocenters. The molecule has 2 saturated heterocycles. The minimum Gasteiger partial charge on any atom is -0.454 e. The van der Waals surface area contributed by atoms with E-state index < -0.39 is 0 Å². The molecule has 0 aliphatic carbocycles. The smallest absolute Gasteiger partial charge is 0.253 e. The molecule has 2 fully saturated rings. The molecule has 0 aromatic heterocycles. The molecule has 3 aliphatic heterocycles. The zero-order valence-corrected chi connectivity index (χ0v) is 20.1. The molecule has 3 aromatic rings. The van der Waals surface area contributed by atoms with Crippen LogP contribution >= 0.6 is 11.8 Å². The summed E-state index contributed by atoms with van der Waals surface area (Å²) in [5, 5.41) is 8.83. The number of hydrogen-bond donors (Lipinski definition) is 2. The van der Waals surface area contributed by atoms with E-state index in [0.29, 0.717) is 19.6 Å². The largest absolute Gasteiger partial charge is 0.454 e. The minimum absolute atomic E-state index is 0.00158. The number of amides is 2. The summed E-state index contributed by atoms with van der Waals surface area (Å²) in [5.74, 6) is 2.26. The predicted octanol–water partition coefficient (Wildman–Crippen LogP) is 3.52. The van der Waals surface area contributed by atoms with E-state index in [4.69, 9.17) is 9.47 Å². The Balaban J connectivity index is 1.03. The monoisotopic (exact) mass is 489 g/mol. The third kappa shape index (κ3) is 4.44. The summed E-state index contributed by atoms with van der Waals surface area (Å²) < 4.78 is 10.8. The highest BCUT2D eigenvalue weighted by Gasteiger charge is 2.44. The number of piperidine rings is 1. The lowest BCUT2D eigenvalue weighted by atomic mass is 10.0. The normalized spacial score (nSPS) is 20.3. The lowest BCUT2D eigenvalue weighted by Crippen LogP contribution is -2.54. The Morgan fingerprint density at radius 2 is 1.80 bits per heavy atom.